The second-order valence-corrected chi connectivity index (χ2v) is 3.48. The number of hydrogen-bond donors (Lipinski definition) is 1. The lowest BCUT2D eigenvalue weighted by Crippen LogP contribution is -2.16. The van der Waals surface area contributed by atoms with Crippen molar-refractivity contribution in [2.24, 2.45) is 0 Å². The molecule has 1 aromatic rings. The van der Waals surface area contributed by atoms with E-state index in [1.807, 2.05) is 0 Å². The van der Waals surface area contributed by atoms with E-state index in [1.165, 1.54) is 12.1 Å². The van der Waals surface area contributed by atoms with Gasteiger partial charge in [0.15, 0.2) is 0 Å². The molecule has 0 saturated heterocycles. The molecule has 0 bridgehead atoms. The first-order chi connectivity index (χ1) is 9.01. The summed E-state index contributed by atoms with van der Waals surface area (Å²) in [5, 5.41) is 9.03. The highest BCUT2D eigenvalue weighted by Gasteiger charge is 2.22. The second kappa shape index (κ2) is 6.34. The highest BCUT2D eigenvalue weighted by atomic mass is 17.2. The molecule has 0 aromatic heterocycles. The van der Waals surface area contributed by atoms with Crippen molar-refractivity contribution in [3.05, 3.63) is 47.5 Å². The lowest BCUT2D eigenvalue weighted by Gasteiger charge is -2.09. The molecule has 100 valence electrons. The third-order valence-corrected chi connectivity index (χ3v) is 2.33. The number of benzene rings is 1. The number of carbonyl (C=O) groups excluding carboxylic acids is 2. The minimum Gasteiger partial charge on any atom is -0.478 e. The minimum atomic E-state index is -1.27. The number of hydrogen-bond acceptors (Lipinski definition) is 5. The fourth-order valence-electron chi connectivity index (χ4n) is 1.47. The lowest BCUT2D eigenvalue weighted by molar-refractivity contribution is -0.228. The van der Waals surface area contributed by atoms with E-state index in [9.17, 15) is 14.4 Å². The summed E-state index contributed by atoms with van der Waals surface area (Å²) in [5.74, 6) is -3.25. The SMILES string of the molecule is C=CC(=O)OOC(=O)c1c(CC)cccc1C(=O)O. The van der Waals surface area contributed by atoms with Crippen LogP contribution in [-0.2, 0) is 21.0 Å². The molecule has 19 heavy (non-hydrogen) atoms. The summed E-state index contributed by atoms with van der Waals surface area (Å²) in [6.07, 6.45) is 1.25. The Hall–Kier alpha value is -2.63. The Labute approximate surface area is 109 Å². The van der Waals surface area contributed by atoms with Gasteiger partial charge in [0.05, 0.1) is 11.1 Å². The normalized spacial score (nSPS) is 9.53. The third kappa shape index (κ3) is 3.41. The maximum atomic E-state index is 11.8. The Morgan fingerprint density at radius 1 is 1.32 bits per heavy atom. The van der Waals surface area contributed by atoms with Gasteiger partial charge in [0.2, 0.25) is 0 Å². The van der Waals surface area contributed by atoms with E-state index in [0.717, 1.165) is 6.08 Å². The van der Waals surface area contributed by atoms with Gasteiger partial charge < -0.3 is 5.11 Å². The summed E-state index contributed by atoms with van der Waals surface area (Å²) in [7, 11) is 0. The van der Waals surface area contributed by atoms with E-state index >= 15 is 0 Å². The van der Waals surface area contributed by atoms with Crippen LogP contribution in [0, 0.1) is 0 Å². The third-order valence-electron chi connectivity index (χ3n) is 2.33. The largest absolute Gasteiger partial charge is 0.478 e. The van der Waals surface area contributed by atoms with Crippen molar-refractivity contribution < 1.29 is 29.3 Å². The first-order valence-corrected chi connectivity index (χ1v) is 5.41. The average molecular weight is 264 g/mol. The fourth-order valence-corrected chi connectivity index (χ4v) is 1.47. The molecule has 1 N–H and O–H groups in total. The van der Waals surface area contributed by atoms with Crippen molar-refractivity contribution in [1.29, 1.82) is 0 Å². The number of rotatable bonds is 4. The lowest BCUT2D eigenvalue weighted by atomic mass is 9.99. The van der Waals surface area contributed by atoms with Crippen LogP contribution in [-0.4, -0.2) is 23.0 Å². The molecule has 6 nitrogen and oxygen atoms in total. The molecule has 0 radical (unpaired) electrons. The number of aromatic carboxylic acids is 1. The van der Waals surface area contributed by atoms with E-state index in [0.29, 0.717) is 12.0 Å². The Kier molecular flexibility index (Phi) is 4.82. The highest BCUT2D eigenvalue weighted by molar-refractivity contribution is 6.03. The van der Waals surface area contributed by atoms with Crippen molar-refractivity contribution in [1.82, 2.24) is 0 Å². The van der Waals surface area contributed by atoms with Gasteiger partial charge in [-0.1, -0.05) is 25.6 Å². The van der Waals surface area contributed by atoms with Crippen LogP contribution in [0.2, 0.25) is 0 Å². The second-order valence-electron chi connectivity index (χ2n) is 3.48. The molecule has 6 heteroatoms. The van der Waals surface area contributed by atoms with Gasteiger partial charge in [-0.2, -0.15) is 0 Å². The van der Waals surface area contributed by atoms with Crippen LogP contribution in [0.15, 0.2) is 30.9 Å². The maximum absolute atomic E-state index is 11.8. The standard InChI is InChI=1S/C13H12O6/c1-3-8-6-5-7-9(12(15)16)11(8)13(17)19-18-10(14)4-2/h4-7H,2-3H2,1H3,(H,15,16). The van der Waals surface area contributed by atoms with Gasteiger partial charge in [-0.25, -0.2) is 24.2 Å². The van der Waals surface area contributed by atoms with E-state index in [-0.39, 0.29) is 11.1 Å². The van der Waals surface area contributed by atoms with Crippen molar-refractivity contribution >= 4 is 17.9 Å². The van der Waals surface area contributed by atoms with Gasteiger partial charge >= 0.3 is 17.9 Å². The first kappa shape index (κ1) is 14.4. The van der Waals surface area contributed by atoms with Crippen molar-refractivity contribution in [2.45, 2.75) is 13.3 Å². The molecule has 0 saturated carbocycles. The van der Waals surface area contributed by atoms with E-state index in [4.69, 9.17) is 5.11 Å². The van der Waals surface area contributed by atoms with Crippen LogP contribution in [0.25, 0.3) is 0 Å². The summed E-state index contributed by atoms with van der Waals surface area (Å²) >= 11 is 0. The predicted octanol–water partition coefficient (Wildman–Crippen LogP) is 1.75. The van der Waals surface area contributed by atoms with E-state index in [1.54, 1.807) is 13.0 Å². The summed E-state index contributed by atoms with van der Waals surface area (Å²) < 4.78 is 0. The molecular formula is C13H12O6. The van der Waals surface area contributed by atoms with E-state index in [2.05, 4.69) is 16.4 Å². The Bertz CT molecular complexity index is 532. The van der Waals surface area contributed by atoms with Gasteiger partial charge in [0.25, 0.3) is 0 Å². The molecule has 0 unspecified atom stereocenters. The Balaban J connectivity index is 3.09. The average Bonchev–Trinajstić information content (AvgIpc) is 2.43. The van der Waals surface area contributed by atoms with Crippen molar-refractivity contribution in [2.75, 3.05) is 0 Å². The monoisotopic (exact) mass is 264 g/mol. The van der Waals surface area contributed by atoms with Crippen LogP contribution in [0.4, 0.5) is 0 Å². The molecule has 1 rings (SSSR count). The molecule has 0 aliphatic carbocycles. The molecular weight excluding hydrogens is 252 g/mol. The van der Waals surface area contributed by atoms with Crippen LogP contribution >= 0.6 is 0 Å². The topological polar surface area (TPSA) is 89.9 Å². The number of aryl methyl sites for hydroxylation is 1. The smallest absolute Gasteiger partial charge is 0.387 e. The maximum Gasteiger partial charge on any atom is 0.387 e. The molecule has 0 atom stereocenters. The zero-order valence-electron chi connectivity index (χ0n) is 10.2. The number of carboxylic acid groups (broad SMARTS) is 1. The zero-order valence-corrected chi connectivity index (χ0v) is 10.2. The summed E-state index contributed by atoms with van der Waals surface area (Å²) in [4.78, 5) is 42.1. The van der Waals surface area contributed by atoms with Gasteiger partial charge in [-0.3, -0.25) is 0 Å². The molecule has 0 aliphatic heterocycles. The predicted molar refractivity (Wildman–Crippen MR) is 64.5 cm³/mol. The Morgan fingerprint density at radius 3 is 2.53 bits per heavy atom. The van der Waals surface area contributed by atoms with Gasteiger partial charge in [0.1, 0.15) is 0 Å². The Morgan fingerprint density at radius 2 is 2.00 bits per heavy atom. The fraction of sp³-hybridized carbons (Fsp3) is 0.154. The van der Waals surface area contributed by atoms with Crippen LogP contribution in [0.5, 0.6) is 0 Å². The van der Waals surface area contributed by atoms with Gasteiger partial charge in [0, 0.05) is 6.08 Å². The molecule has 0 aliphatic rings. The zero-order chi connectivity index (χ0) is 14.4. The number of carbonyl (C=O) groups is 3. The number of carboxylic acids is 1. The highest BCUT2D eigenvalue weighted by Crippen LogP contribution is 2.17. The molecule has 0 spiro atoms. The molecule has 0 heterocycles. The summed E-state index contributed by atoms with van der Waals surface area (Å²) in [5.41, 5.74) is 0.146. The summed E-state index contributed by atoms with van der Waals surface area (Å²) in [6.45, 7) is 4.89. The quantitative estimate of drug-likeness (QED) is 0.506. The molecule has 0 fully saturated rings. The molecule has 1 aromatic carbocycles. The summed E-state index contributed by atoms with van der Waals surface area (Å²) in [6, 6.07) is 4.39. The van der Waals surface area contributed by atoms with Crippen molar-refractivity contribution in [3.8, 4) is 0 Å². The minimum absolute atomic E-state index is 0.130. The first-order valence-electron chi connectivity index (χ1n) is 5.41. The van der Waals surface area contributed by atoms with Crippen molar-refractivity contribution in [3.63, 3.8) is 0 Å². The van der Waals surface area contributed by atoms with Crippen LogP contribution in [0.3, 0.4) is 0 Å². The van der Waals surface area contributed by atoms with Gasteiger partial charge in [-0.05, 0) is 18.1 Å². The van der Waals surface area contributed by atoms with E-state index < -0.39 is 17.9 Å². The molecule has 0 amide bonds. The van der Waals surface area contributed by atoms with Gasteiger partial charge in [-0.15, -0.1) is 0 Å². The van der Waals surface area contributed by atoms with Crippen LogP contribution < -0.4 is 0 Å². The van der Waals surface area contributed by atoms with Crippen LogP contribution in [0.1, 0.15) is 33.2 Å².